The summed E-state index contributed by atoms with van der Waals surface area (Å²) in [5, 5.41) is 13.1. The molecule has 2 aromatic rings. The van der Waals surface area contributed by atoms with Gasteiger partial charge in [-0.3, -0.25) is 14.6 Å². The molecule has 0 aliphatic carbocycles. The van der Waals surface area contributed by atoms with E-state index in [0.717, 1.165) is 0 Å². The molecular formula is C16H17N3O4. The first-order chi connectivity index (χ1) is 11.1. The second kappa shape index (κ2) is 6.20. The lowest BCUT2D eigenvalue weighted by Crippen LogP contribution is -2.49. The minimum Gasteiger partial charge on any atom is -0.481 e. The van der Waals surface area contributed by atoms with E-state index in [1.165, 1.54) is 0 Å². The average molecular weight is 315 g/mol. The van der Waals surface area contributed by atoms with Gasteiger partial charge < -0.3 is 14.5 Å². The zero-order valence-electron chi connectivity index (χ0n) is 12.7. The number of pyridine rings is 1. The van der Waals surface area contributed by atoms with Crippen LogP contribution in [0.15, 0.2) is 35.0 Å². The van der Waals surface area contributed by atoms with E-state index in [1.807, 2.05) is 6.07 Å². The van der Waals surface area contributed by atoms with Crippen LogP contribution in [0, 0.1) is 5.92 Å². The lowest BCUT2D eigenvalue weighted by Gasteiger charge is -2.36. The number of amides is 1. The van der Waals surface area contributed by atoms with Crippen LogP contribution in [0.3, 0.4) is 0 Å². The minimum absolute atomic E-state index is 0.101. The number of piperidine rings is 1. The van der Waals surface area contributed by atoms with Crippen molar-refractivity contribution < 1.29 is 19.2 Å². The van der Waals surface area contributed by atoms with E-state index < -0.39 is 11.9 Å². The van der Waals surface area contributed by atoms with E-state index >= 15 is 0 Å². The normalized spacial score (nSPS) is 21.2. The topological polar surface area (TPSA) is 96.5 Å². The Bertz CT molecular complexity index is 713. The largest absolute Gasteiger partial charge is 0.481 e. The molecule has 1 aliphatic rings. The van der Waals surface area contributed by atoms with Crippen molar-refractivity contribution in [2.75, 3.05) is 6.54 Å². The zero-order valence-corrected chi connectivity index (χ0v) is 12.7. The predicted octanol–water partition coefficient (Wildman–Crippen LogP) is 2.06. The van der Waals surface area contributed by atoms with Crippen molar-refractivity contribution in [3.8, 4) is 11.4 Å². The number of carbonyl (C=O) groups excluding carboxylic acids is 1. The summed E-state index contributed by atoms with van der Waals surface area (Å²) in [6, 6.07) is 6.55. The fourth-order valence-electron chi connectivity index (χ4n) is 2.91. The Balaban J connectivity index is 1.81. The minimum atomic E-state index is -0.873. The van der Waals surface area contributed by atoms with Crippen LogP contribution in [0.1, 0.15) is 30.3 Å². The van der Waals surface area contributed by atoms with Gasteiger partial charge in [-0.05, 0) is 31.9 Å². The van der Waals surface area contributed by atoms with E-state index in [9.17, 15) is 14.7 Å². The number of carbonyl (C=O) groups is 2. The summed E-state index contributed by atoms with van der Waals surface area (Å²) >= 11 is 0. The van der Waals surface area contributed by atoms with Crippen molar-refractivity contribution in [1.82, 2.24) is 15.0 Å². The summed E-state index contributed by atoms with van der Waals surface area (Å²) in [5.74, 6) is -1.66. The van der Waals surface area contributed by atoms with Gasteiger partial charge in [0.25, 0.3) is 5.91 Å². The molecule has 0 radical (unpaired) electrons. The number of aromatic nitrogens is 2. The number of carboxylic acid groups (broad SMARTS) is 1. The fraction of sp³-hybridized carbons (Fsp3) is 0.375. The third-order valence-electron chi connectivity index (χ3n) is 4.21. The fourth-order valence-corrected chi connectivity index (χ4v) is 2.91. The van der Waals surface area contributed by atoms with Gasteiger partial charge in [0.1, 0.15) is 5.69 Å². The third kappa shape index (κ3) is 2.94. The molecular weight excluding hydrogens is 298 g/mol. The Morgan fingerprint density at radius 3 is 2.87 bits per heavy atom. The number of hydrogen-bond donors (Lipinski definition) is 1. The highest BCUT2D eigenvalue weighted by Crippen LogP contribution is 2.26. The smallest absolute Gasteiger partial charge is 0.308 e. The summed E-state index contributed by atoms with van der Waals surface area (Å²) < 4.78 is 5.15. The summed E-state index contributed by atoms with van der Waals surface area (Å²) in [6.07, 6.45) is 2.87. The van der Waals surface area contributed by atoms with Gasteiger partial charge in [-0.15, -0.1) is 0 Å². The van der Waals surface area contributed by atoms with Gasteiger partial charge in [0.15, 0.2) is 0 Å². The average Bonchev–Trinajstić information content (AvgIpc) is 3.05. The lowest BCUT2D eigenvalue weighted by molar-refractivity contribution is -0.145. The second-order valence-electron chi connectivity index (χ2n) is 5.62. The number of aliphatic carboxylic acids is 1. The van der Waals surface area contributed by atoms with Crippen molar-refractivity contribution in [3.63, 3.8) is 0 Å². The predicted molar refractivity (Wildman–Crippen MR) is 80.6 cm³/mol. The molecule has 0 bridgehead atoms. The molecule has 1 amide bonds. The zero-order chi connectivity index (χ0) is 16.4. The number of nitrogens with zero attached hydrogens (tertiary/aromatic N) is 3. The highest BCUT2D eigenvalue weighted by Gasteiger charge is 2.36. The molecule has 7 heteroatoms. The molecule has 3 rings (SSSR count). The molecule has 1 N–H and O–H groups in total. The van der Waals surface area contributed by atoms with E-state index in [0.29, 0.717) is 30.8 Å². The standard InChI is InChI=1S/C16H17N3O4/c1-10-11(16(21)22)5-4-8-19(10)15(20)14-9-13(18-23-14)12-6-2-3-7-17-12/h2-3,6-7,9-11H,4-5,8H2,1H3,(H,21,22)/t10-,11-/m1/s1. The first-order valence-corrected chi connectivity index (χ1v) is 7.50. The van der Waals surface area contributed by atoms with Crippen molar-refractivity contribution >= 4 is 11.9 Å². The maximum absolute atomic E-state index is 12.6. The molecule has 3 heterocycles. The van der Waals surface area contributed by atoms with Crippen molar-refractivity contribution in [2.45, 2.75) is 25.8 Å². The van der Waals surface area contributed by atoms with Gasteiger partial charge in [0.05, 0.1) is 11.6 Å². The third-order valence-corrected chi connectivity index (χ3v) is 4.21. The summed E-state index contributed by atoms with van der Waals surface area (Å²) in [7, 11) is 0. The van der Waals surface area contributed by atoms with Crippen LogP contribution in [-0.4, -0.2) is 44.6 Å². The number of hydrogen-bond acceptors (Lipinski definition) is 5. The number of likely N-dealkylation sites (tertiary alicyclic amines) is 1. The SMILES string of the molecule is C[C@@H]1[C@H](C(=O)O)CCCN1C(=O)c1cc(-c2ccccn2)no1. The van der Waals surface area contributed by atoms with Crippen molar-refractivity contribution in [1.29, 1.82) is 0 Å². The molecule has 1 fully saturated rings. The molecule has 23 heavy (non-hydrogen) atoms. The Kier molecular flexibility index (Phi) is 4.10. The van der Waals surface area contributed by atoms with Gasteiger partial charge in [0.2, 0.25) is 5.76 Å². The Hall–Kier alpha value is -2.70. The van der Waals surface area contributed by atoms with Gasteiger partial charge in [-0.2, -0.15) is 0 Å². The van der Waals surface area contributed by atoms with Crippen LogP contribution < -0.4 is 0 Å². The second-order valence-corrected chi connectivity index (χ2v) is 5.62. The lowest BCUT2D eigenvalue weighted by atomic mass is 9.90. The highest BCUT2D eigenvalue weighted by atomic mass is 16.5. The van der Waals surface area contributed by atoms with Crippen molar-refractivity contribution in [3.05, 3.63) is 36.2 Å². The van der Waals surface area contributed by atoms with E-state index in [-0.39, 0.29) is 17.7 Å². The van der Waals surface area contributed by atoms with Gasteiger partial charge in [-0.1, -0.05) is 11.2 Å². The van der Waals surface area contributed by atoms with Crippen LogP contribution in [0.2, 0.25) is 0 Å². The Labute approximate surface area is 132 Å². The van der Waals surface area contributed by atoms with Crippen LogP contribution >= 0.6 is 0 Å². The van der Waals surface area contributed by atoms with Crippen LogP contribution in [0.25, 0.3) is 11.4 Å². The Morgan fingerprint density at radius 1 is 1.35 bits per heavy atom. The summed E-state index contributed by atoms with van der Waals surface area (Å²) in [5.41, 5.74) is 1.10. The van der Waals surface area contributed by atoms with Crippen molar-refractivity contribution in [2.24, 2.45) is 5.92 Å². The van der Waals surface area contributed by atoms with Gasteiger partial charge in [-0.25, -0.2) is 0 Å². The summed E-state index contributed by atoms with van der Waals surface area (Å²) in [6.45, 7) is 2.27. The molecule has 0 aromatic carbocycles. The molecule has 0 spiro atoms. The Morgan fingerprint density at radius 2 is 2.17 bits per heavy atom. The van der Waals surface area contributed by atoms with Crippen LogP contribution in [0.5, 0.6) is 0 Å². The van der Waals surface area contributed by atoms with Gasteiger partial charge in [0, 0.05) is 24.8 Å². The molecule has 2 atom stereocenters. The number of carboxylic acids is 1. The first-order valence-electron chi connectivity index (χ1n) is 7.50. The van der Waals surface area contributed by atoms with E-state index in [4.69, 9.17) is 4.52 Å². The first kappa shape index (κ1) is 15.2. The quantitative estimate of drug-likeness (QED) is 0.931. The monoisotopic (exact) mass is 315 g/mol. The maximum atomic E-state index is 12.6. The molecule has 120 valence electrons. The highest BCUT2D eigenvalue weighted by molar-refractivity contribution is 5.93. The molecule has 1 aliphatic heterocycles. The van der Waals surface area contributed by atoms with Gasteiger partial charge >= 0.3 is 5.97 Å². The molecule has 7 nitrogen and oxygen atoms in total. The molecule has 0 saturated carbocycles. The van der Waals surface area contributed by atoms with Crippen LogP contribution in [-0.2, 0) is 4.79 Å². The van der Waals surface area contributed by atoms with E-state index in [2.05, 4.69) is 10.1 Å². The van der Waals surface area contributed by atoms with E-state index in [1.54, 1.807) is 36.2 Å². The molecule has 2 aromatic heterocycles. The maximum Gasteiger partial charge on any atom is 0.308 e. The summed E-state index contributed by atoms with van der Waals surface area (Å²) in [4.78, 5) is 29.6. The van der Waals surface area contributed by atoms with Crippen LogP contribution in [0.4, 0.5) is 0 Å². The molecule has 0 unspecified atom stereocenters. The molecule has 1 saturated heterocycles. The number of rotatable bonds is 3.